The monoisotopic (exact) mass is 373 g/mol. The van der Waals surface area contributed by atoms with E-state index in [1.165, 1.54) is 10.4 Å². The summed E-state index contributed by atoms with van der Waals surface area (Å²) >= 11 is 1.76. The Morgan fingerprint density at radius 2 is 2.08 bits per heavy atom. The first-order valence-electron chi connectivity index (χ1n) is 9.13. The molecule has 0 radical (unpaired) electrons. The first-order valence-corrected chi connectivity index (χ1v) is 10.0. The van der Waals surface area contributed by atoms with E-state index < -0.39 is 0 Å². The lowest BCUT2D eigenvalue weighted by molar-refractivity contribution is -0.0390. The molecule has 3 N–H and O–H groups in total. The van der Waals surface area contributed by atoms with E-state index in [9.17, 15) is 0 Å². The second-order valence-corrected chi connectivity index (χ2v) is 7.43. The Bertz CT molecular complexity index is 682. The molecular weight excluding hydrogens is 346 g/mol. The average Bonchev–Trinajstić information content (AvgIpc) is 3.19. The number of guanidine groups is 1. The fourth-order valence-electron chi connectivity index (χ4n) is 2.88. The van der Waals surface area contributed by atoms with E-state index in [1.54, 1.807) is 11.3 Å². The van der Waals surface area contributed by atoms with E-state index in [0.29, 0.717) is 25.2 Å². The fraction of sp³-hybridized carbons (Fsp3) is 0.450. The molecule has 1 fully saturated rings. The highest BCUT2D eigenvalue weighted by Gasteiger charge is 2.13. The average molecular weight is 374 g/mol. The van der Waals surface area contributed by atoms with Gasteiger partial charge in [0.05, 0.1) is 19.3 Å². The minimum absolute atomic E-state index is 0.314. The smallest absolute Gasteiger partial charge is 0.188 e. The van der Waals surface area contributed by atoms with Crippen LogP contribution in [0.1, 0.15) is 28.8 Å². The summed E-state index contributed by atoms with van der Waals surface area (Å²) in [4.78, 5) is 5.78. The maximum Gasteiger partial charge on any atom is 0.188 e. The van der Waals surface area contributed by atoms with Crippen LogP contribution in [0.4, 0.5) is 0 Å². The van der Waals surface area contributed by atoms with Gasteiger partial charge in [-0.15, -0.1) is 11.3 Å². The second-order valence-electron chi connectivity index (χ2n) is 6.40. The Morgan fingerprint density at radius 3 is 2.88 bits per heavy atom. The first kappa shape index (κ1) is 18.9. The largest absolute Gasteiger partial charge is 0.381 e. The van der Waals surface area contributed by atoms with Gasteiger partial charge in [0.15, 0.2) is 5.96 Å². The maximum atomic E-state index is 5.99. The zero-order valence-corrected chi connectivity index (χ0v) is 15.8. The molecule has 0 amide bonds. The SMILES string of the molecule is NC(=NCc1cccc(COC2CCOCC2)c1)NCCc1cccs1. The quantitative estimate of drug-likeness (QED) is 0.551. The van der Waals surface area contributed by atoms with Crippen LogP contribution in [-0.2, 0) is 29.0 Å². The van der Waals surface area contributed by atoms with Crippen molar-refractivity contribution in [3.63, 3.8) is 0 Å². The van der Waals surface area contributed by atoms with Crippen LogP contribution < -0.4 is 11.1 Å². The first-order chi connectivity index (χ1) is 12.8. The zero-order chi connectivity index (χ0) is 18.0. The molecule has 6 heteroatoms. The topological polar surface area (TPSA) is 68.9 Å². The molecule has 1 aromatic heterocycles. The van der Waals surface area contributed by atoms with Crippen molar-refractivity contribution in [3.05, 3.63) is 57.8 Å². The minimum atomic E-state index is 0.314. The molecule has 5 nitrogen and oxygen atoms in total. The summed E-state index contributed by atoms with van der Waals surface area (Å²) in [5.41, 5.74) is 8.28. The number of benzene rings is 1. The lowest BCUT2D eigenvalue weighted by atomic mass is 10.1. The van der Waals surface area contributed by atoms with Gasteiger partial charge in [0.25, 0.3) is 0 Å². The fourth-order valence-corrected chi connectivity index (χ4v) is 3.58. The number of ether oxygens (including phenoxy) is 2. The van der Waals surface area contributed by atoms with Crippen molar-refractivity contribution in [2.45, 2.75) is 38.5 Å². The van der Waals surface area contributed by atoms with Crippen LogP contribution in [0.15, 0.2) is 46.8 Å². The lowest BCUT2D eigenvalue weighted by Crippen LogP contribution is -2.33. The molecule has 140 valence electrons. The number of nitrogens with zero attached hydrogens (tertiary/aromatic N) is 1. The highest BCUT2D eigenvalue weighted by Crippen LogP contribution is 2.14. The third-order valence-electron chi connectivity index (χ3n) is 4.34. The lowest BCUT2D eigenvalue weighted by Gasteiger charge is -2.22. The molecule has 3 rings (SSSR count). The molecule has 2 aromatic rings. The van der Waals surface area contributed by atoms with Gasteiger partial charge in [-0.2, -0.15) is 0 Å². The summed E-state index contributed by atoms with van der Waals surface area (Å²) in [6.07, 6.45) is 3.25. The Kier molecular flexibility index (Phi) is 7.49. The number of thiophene rings is 1. The predicted octanol–water partition coefficient (Wildman–Crippen LogP) is 3.09. The van der Waals surface area contributed by atoms with Crippen LogP contribution in [0.2, 0.25) is 0 Å². The van der Waals surface area contributed by atoms with Gasteiger partial charge in [-0.1, -0.05) is 30.3 Å². The third-order valence-corrected chi connectivity index (χ3v) is 5.27. The summed E-state index contributed by atoms with van der Waals surface area (Å²) in [6, 6.07) is 12.6. The van der Waals surface area contributed by atoms with Gasteiger partial charge < -0.3 is 20.5 Å². The van der Waals surface area contributed by atoms with Crippen molar-refractivity contribution in [3.8, 4) is 0 Å². The van der Waals surface area contributed by atoms with Crippen molar-refractivity contribution in [2.75, 3.05) is 19.8 Å². The molecule has 1 aliphatic heterocycles. The molecule has 0 bridgehead atoms. The Balaban J connectivity index is 1.42. The molecule has 2 heterocycles. The van der Waals surface area contributed by atoms with E-state index >= 15 is 0 Å². The number of nitrogens with two attached hydrogens (primary N) is 1. The second kappa shape index (κ2) is 10.3. The Labute approximate surface area is 159 Å². The van der Waals surface area contributed by atoms with Crippen molar-refractivity contribution in [1.29, 1.82) is 0 Å². The number of aliphatic imine (C=N–C) groups is 1. The number of nitrogens with one attached hydrogen (secondary N) is 1. The van der Waals surface area contributed by atoms with Crippen LogP contribution in [0, 0.1) is 0 Å². The van der Waals surface area contributed by atoms with Gasteiger partial charge in [0, 0.05) is 24.6 Å². The molecule has 0 unspecified atom stereocenters. The Hall–Kier alpha value is -1.89. The highest BCUT2D eigenvalue weighted by molar-refractivity contribution is 7.09. The molecule has 1 aromatic carbocycles. The molecule has 0 aliphatic carbocycles. The number of hydrogen-bond acceptors (Lipinski definition) is 4. The standard InChI is InChI=1S/C20H27N3O2S/c21-20(22-9-6-19-5-2-12-26-19)23-14-16-3-1-4-17(13-16)15-25-18-7-10-24-11-8-18/h1-5,12-13,18H,6-11,14-15H2,(H3,21,22,23). The summed E-state index contributed by atoms with van der Waals surface area (Å²) < 4.78 is 11.3. The van der Waals surface area contributed by atoms with Crippen LogP contribution in [0.5, 0.6) is 0 Å². The van der Waals surface area contributed by atoms with E-state index in [4.69, 9.17) is 15.2 Å². The molecule has 0 saturated carbocycles. The van der Waals surface area contributed by atoms with Crippen LogP contribution in [0.25, 0.3) is 0 Å². The zero-order valence-electron chi connectivity index (χ0n) is 15.0. The minimum Gasteiger partial charge on any atom is -0.381 e. The number of hydrogen-bond donors (Lipinski definition) is 2. The summed E-state index contributed by atoms with van der Waals surface area (Å²) in [7, 11) is 0. The maximum absolute atomic E-state index is 5.99. The Morgan fingerprint density at radius 1 is 1.23 bits per heavy atom. The van der Waals surface area contributed by atoms with Crippen molar-refractivity contribution in [1.82, 2.24) is 5.32 Å². The van der Waals surface area contributed by atoms with E-state index in [0.717, 1.165) is 44.6 Å². The number of rotatable bonds is 8. The van der Waals surface area contributed by atoms with Crippen molar-refractivity contribution in [2.24, 2.45) is 10.7 Å². The molecule has 0 spiro atoms. The predicted molar refractivity (Wildman–Crippen MR) is 106 cm³/mol. The van der Waals surface area contributed by atoms with Crippen LogP contribution in [0.3, 0.4) is 0 Å². The van der Waals surface area contributed by atoms with Gasteiger partial charge in [-0.3, -0.25) is 0 Å². The van der Waals surface area contributed by atoms with Gasteiger partial charge in [-0.05, 0) is 41.8 Å². The van der Waals surface area contributed by atoms with Gasteiger partial charge >= 0.3 is 0 Å². The molecular formula is C20H27N3O2S. The third kappa shape index (κ3) is 6.44. The van der Waals surface area contributed by atoms with E-state index in [2.05, 4.69) is 46.0 Å². The van der Waals surface area contributed by atoms with Gasteiger partial charge in [-0.25, -0.2) is 4.99 Å². The highest BCUT2D eigenvalue weighted by atomic mass is 32.1. The van der Waals surface area contributed by atoms with Gasteiger partial charge in [0.2, 0.25) is 0 Å². The molecule has 0 atom stereocenters. The summed E-state index contributed by atoms with van der Waals surface area (Å²) in [5.74, 6) is 0.491. The van der Waals surface area contributed by atoms with Crippen LogP contribution >= 0.6 is 11.3 Å². The van der Waals surface area contributed by atoms with Gasteiger partial charge in [0.1, 0.15) is 0 Å². The molecule has 1 saturated heterocycles. The van der Waals surface area contributed by atoms with Crippen molar-refractivity contribution < 1.29 is 9.47 Å². The van der Waals surface area contributed by atoms with E-state index in [-0.39, 0.29) is 0 Å². The molecule has 26 heavy (non-hydrogen) atoms. The normalized spacial score (nSPS) is 15.9. The van der Waals surface area contributed by atoms with E-state index in [1.807, 2.05) is 6.07 Å². The van der Waals surface area contributed by atoms with Crippen LogP contribution in [-0.4, -0.2) is 31.8 Å². The van der Waals surface area contributed by atoms with Crippen molar-refractivity contribution >= 4 is 17.3 Å². The molecule has 1 aliphatic rings. The summed E-state index contributed by atoms with van der Waals surface area (Å²) in [6.45, 7) is 3.62. The summed E-state index contributed by atoms with van der Waals surface area (Å²) in [5, 5.41) is 5.26.